The second kappa shape index (κ2) is 7.36. The van der Waals surface area contributed by atoms with Crippen molar-refractivity contribution in [1.29, 1.82) is 0 Å². The van der Waals surface area contributed by atoms with Gasteiger partial charge in [-0.2, -0.15) is 0 Å². The van der Waals surface area contributed by atoms with E-state index in [0.29, 0.717) is 10.8 Å². The first kappa shape index (κ1) is 14.9. The third kappa shape index (κ3) is 4.29. The van der Waals surface area contributed by atoms with Gasteiger partial charge in [0.1, 0.15) is 0 Å². The minimum absolute atomic E-state index is 0.00581. The fourth-order valence-electron chi connectivity index (χ4n) is 1.81. The minimum Gasteiger partial charge on any atom is -0.349 e. The first-order valence-electron chi connectivity index (χ1n) is 6.38. The number of halogens is 1. The summed E-state index contributed by atoms with van der Waals surface area (Å²) in [5.74, 6) is 0.368. The van der Waals surface area contributed by atoms with Crippen LogP contribution in [-0.4, -0.2) is 11.7 Å². The van der Waals surface area contributed by atoms with E-state index >= 15 is 0 Å². The molecule has 20 heavy (non-hydrogen) atoms. The second-order valence-corrected chi connectivity index (χ2v) is 5.84. The van der Waals surface area contributed by atoms with Gasteiger partial charge in [0.15, 0.2) is 0 Å². The topological polar surface area (TPSA) is 29.1 Å². The molecule has 104 valence electrons. The van der Waals surface area contributed by atoms with Crippen LogP contribution in [0.15, 0.2) is 59.5 Å². The number of amides is 1. The highest BCUT2D eigenvalue weighted by Gasteiger charge is 2.10. The van der Waals surface area contributed by atoms with E-state index in [1.165, 1.54) is 11.8 Å². The Labute approximate surface area is 128 Å². The van der Waals surface area contributed by atoms with E-state index in [4.69, 9.17) is 11.6 Å². The van der Waals surface area contributed by atoms with Crippen LogP contribution >= 0.6 is 23.4 Å². The van der Waals surface area contributed by atoms with Crippen LogP contribution in [-0.2, 0) is 4.79 Å². The SMILES string of the molecule is C[C@H](NC(=O)CSc1ccccc1Cl)c1ccccc1. The minimum atomic E-state index is 0.00581. The molecule has 0 aliphatic carbocycles. The van der Waals surface area contributed by atoms with Gasteiger partial charge in [-0.1, -0.05) is 54.1 Å². The van der Waals surface area contributed by atoms with Gasteiger partial charge < -0.3 is 5.32 Å². The average molecular weight is 306 g/mol. The zero-order chi connectivity index (χ0) is 14.4. The molecule has 0 bridgehead atoms. The van der Waals surface area contributed by atoms with Crippen LogP contribution in [0.1, 0.15) is 18.5 Å². The van der Waals surface area contributed by atoms with Gasteiger partial charge in [-0.15, -0.1) is 11.8 Å². The summed E-state index contributed by atoms with van der Waals surface area (Å²) in [6.45, 7) is 1.98. The molecule has 1 atom stereocenters. The highest BCUT2D eigenvalue weighted by atomic mass is 35.5. The van der Waals surface area contributed by atoms with Crippen molar-refractivity contribution in [2.45, 2.75) is 17.9 Å². The predicted octanol–water partition coefficient (Wildman–Crippen LogP) is 4.31. The number of thioether (sulfide) groups is 1. The predicted molar refractivity (Wildman–Crippen MR) is 85.2 cm³/mol. The Kier molecular flexibility index (Phi) is 5.50. The summed E-state index contributed by atoms with van der Waals surface area (Å²) in [5.41, 5.74) is 1.10. The Hall–Kier alpha value is -1.45. The summed E-state index contributed by atoms with van der Waals surface area (Å²) < 4.78 is 0. The van der Waals surface area contributed by atoms with Crippen molar-refractivity contribution in [2.75, 3.05) is 5.75 Å². The van der Waals surface area contributed by atoms with Gasteiger partial charge in [0.25, 0.3) is 0 Å². The van der Waals surface area contributed by atoms with Crippen LogP contribution in [0.25, 0.3) is 0 Å². The monoisotopic (exact) mass is 305 g/mol. The zero-order valence-corrected chi connectivity index (χ0v) is 12.7. The van der Waals surface area contributed by atoms with Crippen LogP contribution in [0, 0.1) is 0 Å². The van der Waals surface area contributed by atoms with Crippen molar-refractivity contribution in [3.8, 4) is 0 Å². The third-order valence-electron chi connectivity index (χ3n) is 2.87. The number of rotatable bonds is 5. The molecule has 0 unspecified atom stereocenters. The summed E-state index contributed by atoms with van der Waals surface area (Å²) in [6, 6.07) is 17.5. The molecule has 0 heterocycles. The summed E-state index contributed by atoms with van der Waals surface area (Å²) >= 11 is 7.51. The van der Waals surface area contributed by atoms with Crippen LogP contribution in [0.4, 0.5) is 0 Å². The number of carbonyl (C=O) groups excluding carboxylic acids is 1. The van der Waals surface area contributed by atoms with Gasteiger partial charge >= 0.3 is 0 Å². The lowest BCUT2D eigenvalue weighted by molar-refractivity contribution is -0.119. The van der Waals surface area contributed by atoms with Gasteiger partial charge in [0.05, 0.1) is 16.8 Å². The number of benzene rings is 2. The van der Waals surface area contributed by atoms with Crippen molar-refractivity contribution < 1.29 is 4.79 Å². The molecule has 0 spiro atoms. The van der Waals surface area contributed by atoms with E-state index < -0.39 is 0 Å². The van der Waals surface area contributed by atoms with Crippen LogP contribution in [0.2, 0.25) is 5.02 Å². The van der Waals surface area contributed by atoms with E-state index in [1.807, 2.05) is 61.5 Å². The van der Waals surface area contributed by atoms with Gasteiger partial charge in [0.2, 0.25) is 5.91 Å². The molecule has 1 N–H and O–H groups in total. The van der Waals surface area contributed by atoms with Gasteiger partial charge in [-0.25, -0.2) is 0 Å². The Morgan fingerprint density at radius 3 is 2.50 bits per heavy atom. The summed E-state index contributed by atoms with van der Waals surface area (Å²) in [6.07, 6.45) is 0. The number of hydrogen-bond acceptors (Lipinski definition) is 2. The van der Waals surface area contributed by atoms with Gasteiger partial charge in [-0.3, -0.25) is 4.79 Å². The fraction of sp³-hybridized carbons (Fsp3) is 0.188. The van der Waals surface area contributed by atoms with Crippen LogP contribution < -0.4 is 5.32 Å². The molecule has 0 aliphatic rings. The average Bonchev–Trinajstić information content (AvgIpc) is 2.47. The van der Waals surface area contributed by atoms with Crippen LogP contribution in [0.5, 0.6) is 0 Å². The van der Waals surface area contributed by atoms with Crippen molar-refractivity contribution in [1.82, 2.24) is 5.32 Å². The van der Waals surface area contributed by atoms with E-state index in [1.54, 1.807) is 0 Å². The maximum absolute atomic E-state index is 11.9. The maximum Gasteiger partial charge on any atom is 0.230 e. The first-order valence-corrected chi connectivity index (χ1v) is 7.75. The number of carbonyl (C=O) groups is 1. The molecular weight excluding hydrogens is 290 g/mol. The maximum atomic E-state index is 11.9. The lowest BCUT2D eigenvalue weighted by Crippen LogP contribution is -2.28. The molecule has 1 amide bonds. The normalized spacial score (nSPS) is 11.9. The fourth-order valence-corrected chi connectivity index (χ4v) is 2.86. The largest absolute Gasteiger partial charge is 0.349 e. The molecular formula is C16H16ClNOS. The molecule has 0 saturated carbocycles. The Morgan fingerprint density at radius 1 is 1.15 bits per heavy atom. The molecule has 2 rings (SSSR count). The lowest BCUT2D eigenvalue weighted by Gasteiger charge is -2.14. The third-order valence-corrected chi connectivity index (χ3v) is 4.39. The van der Waals surface area contributed by atoms with Crippen LogP contribution in [0.3, 0.4) is 0 Å². The summed E-state index contributed by atoms with van der Waals surface area (Å²) in [4.78, 5) is 12.9. The highest BCUT2D eigenvalue weighted by molar-refractivity contribution is 8.00. The molecule has 0 radical (unpaired) electrons. The van der Waals surface area contributed by atoms with Gasteiger partial charge in [-0.05, 0) is 24.6 Å². The molecule has 2 aromatic carbocycles. The molecule has 4 heteroatoms. The van der Waals surface area contributed by atoms with Gasteiger partial charge in [0, 0.05) is 4.90 Å². The molecule has 0 aliphatic heterocycles. The number of nitrogens with one attached hydrogen (secondary N) is 1. The molecule has 0 saturated heterocycles. The van der Waals surface area contributed by atoms with E-state index in [9.17, 15) is 4.79 Å². The standard InChI is InChI=1S/C16H16ClNOS/c1-12(13-7-3-2-4-8-13)18-16(19)11-20-15-10-6-5-9-14(15)17/h2-10,12H,11H2,1H3,(H,18,19)/t12-/m0/s1. The highest BCUT2D eigenvalue weighted by Crippen LogP contribution is 2.26. The molecule has 2 nitrogen and oxygen atoms in total. The smallest absolute Gasteiger partial charge is 0.230 e. The second-order valence-electron chi connectivity index (χ2n) is 4.42. The molecule has 0 fully saturated rings. The summed E-state index contributed by atoms with van der Waals surface area (Å²) in [5, 5.41) is 3.66. The Bertz CT molecular complexity index is 574. The quantitative estimate of drug-likeness (QED) is 0.834. The molecule has 2 aromatic rings. The molecule has 0 aromatic heterocycles. The Morgan fingerprint density at radius 2 is 1.80 bits per heavy atom. The van der Waals surface area contributed by atoms with E-state index in [-0.39, 0.29) is 11.9 Å². The summed E-state index contributed by atoms with van der Waals surface area (Å²) in [7, 11) is 0. The zero-order valence-electron chi connectivity index (χ0n) is 11.2. The van der Waals surface area contributed by atoms with Crippen molar-refractivity contribution in [3.63, 3.8) is 0 Å². The Balaban J connectivity index is 1.86. The van der Waals surface area contributed by atoms with Crippen molar-refractivity contribution >= 4 is 29.3 Å². The lowest BCUT2D eigenvalue weighted by atomic mass is 10.1. The van der Waals surface area contributed by atoms with E-state index in [2.05, 4.69) is 5.32 Å². The van der Waals surface area contributed by atoms with Crippen molar-refractivity contribution in [3.05, 3.63) is 65.2 Å². The first-order chi connectivity index (χ1) is 9.66. The number of hydrogen-bond donors (Lipinski definition) is 1. The van der Waals surface area contributed by atoms with E-state index in [0.717, 1.165) is 10.5 Å². The van der Waals surface area contributed by atoms with Crippen molar-refractivity contribution in [2.24, 2.45) is 0 Å².